The minimum Gasteiger partial charge on any atom is -0.296 e. The lowest BCUT2D eigenvalue weighted by molar-refractivity contribution is 0.102. The van der Waals surface area contributed by atoms with Crippen molar-refractivity contribution in [3.8, 4) is 5.69 Å². The quantitative estimate of drug-likeness (QED) is 0.792. The first-order chi connectivity index (χ1) is 11.6. The summed E-state index contributed by atoms with van der Waals surface area (Å²) in [5.74, 6) is -0.539. The van der Waals surface area contributed by atoms with Crippen LogP contribution in [0.25, 0.3) is 5.69 Å². The molecule has 0 atom stereocenters. The van der Waals surface area contributed by atoms with Crippen LogP contribution in [0.4, 0.5) is 9.52 Å². The molecule has 2 aromatic heterocycles. The Morgan fingerprint density at radius 3 is 2.79 bits per heavy atom. The molecule has 1 N–H and O–H groups in total. The van der Waals surface area contributed by atoms with Gasteiger partial charge in [-0.25, -0.2) is 14.1 Å². The number of nitrogens with one attached hydrogen (secondary N) is 1. The van der Waals surface area contributed by atoms with Crippen LogP contribution in [0.5, 0.6) is 0 Å². The van der Waals surface area contributed by atoms with E-state index in [1.807, 2.05) is 6.92 Å². The predicted molar refractivity (Wildman–Crippen MR) is 90.4 cm³/mol. The van der Waals surface area contributed by atoms with E-state index in [1.54, 1.807) is 23.0 Å². The molecular weight excluding hydrogens is 327 g/mol. The van der Waals surface area contributed by atoms with Gasteiger partial charge in [0.05, 0.1) is 5.69 Å². The van der Waals surface area contributed by atoms with Crippen LogP contribution in [0.2, 0.25) is 0 Å². The van der Waals surface area contributed by atoms with Crippen LogP contribution >= 0.6 is 11.3 Å². The Balaban J connectivity index is 1.70. The molecule has 0 bridgehead atoms. The Morgan fingerprint density at radius 1 is 1.29 bits per heavy atom. The van der Waals surface area contributed by atoms with E-state index in [0.29, 0.717) is 10.8 Å². The van der Waals surface area contributed by atoms with Gasteiger partial charge in [-0.15, -0.1) is 11.3 Å². The number of anilines is 1. The molecule has 3 aromatic rings. The van der Waals surface area contributed by atoms with Crippen molar-refractivity contribution in [2.45, 2.75) is 26.2 Å². The predicted octanol–water partition coefficient (Wildman–Crippen LogP) is 3.52. The summed E-state index contributed by atoms with van der Waals surface area (Å²) in [5.41, 5.74) is 3.20. The largest absolute Gasteiger partial charge is 0.296 e. The first-order valence-corrected chi connectivity index (χ1v) is 8.54. The number of benzene rings is 1. The molecule has 0 saturated carbocycles. The number of amides is 1. The zero-order chi connectivity index (χ0) is 16.7. The van der Waals surface area contributed by atoms with Crippen molar-refractivity contribution in [1.29, 1.82) is 0 Å². The van der Waals surface area contributed by atoms with Gasteiger partial charge in [-0.05, 0) is 50.5 Å². The highest BCUT2D eigenvalue weighted by molar-refractivity contribution is 7.15. The molecule has 1 aliphatic rings. The third-order valence-electron chi connectivity index (χ3n) is 4.06. The van der Waals surface area contributed by atoms with Crippen LogP contribution in [0, 0.1) is 12.7 Å². The number of carbonyl (C=O) groups excluding carboxylic acids is 1. The van der Waals surface area contributed by atoms with Crippen LogP contribution in [-0.2, 0) is 12.8 Å². The highest BCUT2D eigenvalue weighted by Gasteiger charge is 2.27. The Labute approximate surface area is 142 Å². The number of thiazole rings is 1. The van der Waals surface area contributed by atoms with E-state index < -0.39 is 0 Å². The average molecular weight is 342 g/mol. The average Bonchev–Trinajstić information content (AvgIpc) is 3.25. The number of hydrogen-bond donors (Lipinski definition) is 1. The summed E-state index contributed by atoms with van der Waals surface area (Å²) in [6, 6.07) is 6.15. The summed E-state index contributed by atoms with van der Waals surface area (Å²) in [5, 5.41) is 7.88. The standard InChI is InChI=1S/C17H15FN4OS/c1-10-9-19-17(24-10)20-16(23)15-13-3-2-4-14(13)22(21-15)12-7-5-11(18)6-8-12/h5-9H,2-4H2,1H3,(H,19,20,23). The fourth-order valence-electron chi connectivity index (χ4n) is 2.98. The Hall–Kier alpha value is -2.54. The monoisotopic (exact) mass is 342 g/mol. The summed E-state index contributed by atoms with van der Waals surface area (Å²) in [6.45, 7) is 1.94. The number of halogens is 1. The lowest BCUT2D eigenvalue weighted by atomic mass is 10.2. The van der Waals surface area contributed by atoms with Crippen molar-refractivity contribution >= 4 is 22.4 Å². The van der Waals surface area contributed by atoms with Crippen molar-refractivity contribution in [3.63, 3.8) is 0 Å². The number of aryl methyl sites for hydroxylation is 1. The molecule has 1 amide bonds. The van der Waals surface area contributed by atoms with E-state index in [-0.39, 0.29) is 11.7 Å². The number of hydrogen-bond acceptors (Lipinski definition) is 4. The molecule has 4 rings (SSSR count). The maximum absolute atomic E-state index is 13.2. The summed E-state index contributed by atoms with van der Waals surface area (Å²) in [6.07, 6.45) is 4.41. The highest BCUT2D eigenvalue weighted by atomic mass is 32.1. The lowest BCUT2D eigenvalue weighted by Gasteiger charge is -2.05. The van der Waals surface area contributed by atoms with Gasteiger partial charge in [-0.1, -0.05) is 0 Å². The Bertz CT molecular complexity index is 913. The molecule has 24 heavy (non-hydrogen) atoms. The van der Waals surface area contributed by atoms with Gasteiger partial charge in [0.15, 0.2) is 10.8 Å². The zero-order valence-electron chi connectivity index (χ0n) is 13.0. The molecule has 7 heteroatoms. The number of aromatic nitrogens is 3. The Morgan fingerprint density at radius 2 is 2.08 bits per heavy atom. The second-order valence-electron chi connectivity index (χ2n) is 5.75. The van der Waals surface area contributed by atoms with Gasteiger partial charge in [0.2, 0.25) is 0 Å². The minimum absolute atomic E-state index is 0.247. The maximum Gasteiger partial charge on any atom is 0.278 e. The molecule has 2 heterocycles. The third kappa shape index (κ3) is 2.60. The van der Waals surface area contributed by atoms with Gasteiger partial charge in [-0.2, -0.15) is 5.10 Å². The second kappa shape index (κ2) is 5.83. The van der Waals surface area contributed by atoms with E-state index in [0.717, 1.165) is 41.1 Å². The van der Waals surface area contributed by atoms with Crippen molar-refractivity contribution in [2.75, 3.05) is 5.32 Å². The molecule has 0 radical (unpaired) electrons. The molecule has 0 aliphatic heterocycles. The van der Waals surface area contributed by atoms with Gasteiger partial charge >= 0.3 is 0 Å². The van der Waals surface area contributed by atoms with Crippen molar-refractivity contribution in [1.82, 2.24) is 14.8 Å². The third-order valence-corrected chi connectivity index (χ3v) is 4.89. The summed E-state index contributed by atoms with van der Waals surface area (Å²) in [7, 11) is 0. The lowest BCUT2D eigenvalue weighted by Crippen LogP contribution is -2.14. The number of rotatable bonds is 3. The first kappa shape index (κ1) is 15.0. The fourth-order valence-corrected chi connectivity index (χ4v) is 3.64. The van der Waals surface area contributed by atoms with Crippen LogP contribution in [0.15, 0.2) is 30.5 Å². The molecular formula is C17H15FN4OS. The molecule has 5 nitrogen and oxygen atoms in total. The van der Waals surface area contributed by atoms with E-state index in [9.17, 15) is 9.18 Å². The first-order valence-electron chi connectivity index (χ1n) is 7.72. The van der Waals surface area contributed by atoms with Gasteiger partial charge < -0.3 is 0 Å². The van der Waals surface area contributed by atoms with Crippen LogP contribution < -0.4 is 5.32 Å². The number of fused-ring (bicyclic) bond motifs is 1. The van der Waals surface area contributed by atoms with E-state index in [2.05, 4.69) is 15.4 Å². The normalized spacial score (nSPS) is 13.1. The summed E-state index contributed by atoms with van der Waals surface area (Å²) in [4.78, 5) is 17.8. The van der Waals surface area contributed by atoms with E-state index >= 15 is 0 Å². The molecule has 0 unspecified atom stereocenters. The summed E-state index contributed by atoms with van der Waals surface area (Å²) >= 11 is 1.43. The number of nitrogens with zero attached hydrogens (tertiary/aromatic N) is 3. The fraction of sp³-hybridized carbons (Fsp3) is 0.235. The molecule has 0 saturated heterocycles. The van der Waals surface area contributed by atoms with Crippen LogP contribution in [-0.4, -0.2) is 20.7 Å². The second-order valence-corrected chi connectivity index (χ2v) is 6.98. The van der Waals surface area contributed by atoms with Crippen molar-refractivity contribution in [2.24, 2.45) is 0 Å². The zero-order valence-corrected chi connectivity index (χ0v) is 13.9. The molecule has 1 aromatic carbocycles. The highest BCUT2D eigenvalue weighted by Crippen LogP contribution is 2.28. The van der Waals surface area contributed by atoms with E-state index in [4.69, 9.17) is 0 Å². The van der Waals surface area contributed by atoms with Crippen molar-refractivity contribution in [3.05, 3.63) is 58.1 Å². The maximum atomic E-state index is 13.2. The van der Waals surface area contributed by atoms with Gasteiger partial charge in [0.1, 0.15) is 5.82 Å². The molecule has 0 spiro atoms. The van der Waals surface area contributed by atoms with E-state index in [1.165, 1.54) is 23.5 Å². The SMILES string of the molecule is Cc1cnc(NC(=O)c2nn(-c3ccc(F)cc3)c3c2CCC3)s1. The Kier molecular flexibility index (Phi) is 3.65. The van der Waals surface area contributed by atoms with Gasteiger partial charge in [0.25, 0.3) is 5.91 Å². The summed E-state index contributed by atoms with van der Waals surface area (Å²) < 4.78 is 14.9. The smallest absolute Gasteiger partial charge is 0.278 e. The van der Waals surface area contributed by atoms with Gasteiger partial charge in [0, 0.05) is 22.3 Å². The van der Waals surface area contributed by atoms with Crippen LogP contribution in [0.3, 0.4) is 0 Å². The number of carbonyl (C=O) groups is 1. The molecule has 0 fully saturated rings. The minimum atomic E-state index is -0.292. The van der Waals surface area contributed by atoms with Gasteiger partial charge in [-0.3, -0.25) is 10.1 Å². The van der Waals surface area contributed by atoms with Crippen molar-refractivity contribution < 1.29 is 9.18 Å². The molecule has 122 valence electrons. The van der Waals surface area contributed by atoms with Crippen LogP contribution in [0.1, 0.15) is 33.0 Å². The topological polar surface area (TPSA) is 59.8 Å². The molecule has 1 aliphatic carbocycles.